The van der Waals surface area contributed by atoms with Crippen LogP contribution >= 0.6 is 12.4 Å². The van der Waals surface area contributed by atoms with Crippen LogP contribution in [0.15, 0.2) is 18.2 Å². The van der Waals surface area contributed by atoms with Crippen LogP contribution in [-0.2, 0) is 6.18 Å². The molecule has 0 spiro atoms. The van der Waals surface area contributed by atoms with Crippen molar-refractivity contribution >= 4 is 18.3 Å². The summed E-state index contributed by atoms with van der Waals surface area (Å²) < 4.78 is 52.2. The molecule has 0 aliphatic carbocycles. The fourth-order valence-corrected chi connectivity index (χ4v) is 3.56. The summed E-state index contributed by atoms with van der Waals surface area (Å²) in [6, 6.07) is 2.55. The lowest BCUT2D eigenvalue weighted by molar-refractivity contribution is -0.137. The molecule has 2 bridgehead atoms. The van der Waals surface area contributed by atoms with E-state index in [4.69, 9.17) is 0 Å². The highest BCUT2D eigenvalue weighted by atomic mass is 35.5. The molecule has 8 heteroatoms. The van der Waals surface area contributed by atoms with Crippen molar-refractivity contribution in [2.75, 3.05) is 7.05 Å². The Morgan fingerprint density at radius 1 is 1.21 bits per heavy atom. The van der Waals surface area contributed by atoms with Crippen molar-refractivity contribution in [2.24, 2.45) is 0 Å². The molecule has 24 heavy (non-hydrogen) atoms. The van der Waals surface area contributed by atoms with Gasteiger partial charge in [0, 0.05) is 25.2 Å². The standard InChI is InChI=1S/C16H18F4N2O.ClH/c1-22(12-7-10-3-4-11(8-12)21-10)15(23)13-6-9(16(18,19)20)2-5-14(13)17;/h2,5-6,10-12,21H,3-4,7-8H2,1H3;1H. The molecule has 2 aliphatic rings. The lowest BCUT2D eigenvalue weighted by Gasteiger charge is -2.35. The quantitative estimate of drug-likeness (QED) is 0.811. The summed E-state index contributed by atoms with van der Waals surface area (Å²) in [4.78, 5) is 13.9. The maximum Gasteiger partial charge on any atom is 0.416 e. The number of alkyl halides is 3. The van der Waals surface area contributed by atoms with E-state index in [1.807, 2.05) is 0 Å². The molecular weight excluding hydrogens is 348 g/mol. The lowest BCUT2D eigenvalue weighted by atomic mass is 9.97. The van der Waals surface area contributed by atoms with Gasteiger partial charge in [0.15, 0.2) is 0 Å². The second-order valence-electron chi connectivity index (χ2n) is 6.37. The van der Waals surface area contributed by atoms with Crippen molar-refractivity contribution in [3.8, 4) is 0 Å². The van der Waals surface area contributed by atoms with Gasteiger partial charge in [-0.25, -0.2) is 4.39 Å². The van der Waals surface area contributed by atoms with Gasteiger partial charge in [0.2, 0.25) is 0 Å². The molecule has 0 saturated carbocycles. The summed E-state index contributed by atoms with van der Waals surface area (Å²) in [6.07, 6.45) is -1.02. The normalized spacial score (nSPS) is 26.0. The molecule has 1 amide bonds. The van der Waals surface area contributed by atoms with Gasteiger partial charge in [-0.2, -0.15) is 13.2 Å². The van der Waals surface area contributed by atoms with Gasteiger partial charge in [0.25, 0.3) is 5.91 Å². The zero-order valence-electron chi connectivity index (χ0n) is 13.1. The predicted molar refractivity (Wildman–Crippen MR) is 83.7 cm³/mol. The number of carbonyl (C=O) groups is 1. The third kappa shape index (κ3) is 3.67. The third-order valence-electron chi connectivity index (χ3n) is 4.84. The summed E-state index contributed by atoms with van der Waals surface area (Å²) in [6.45, 7) is 0. The van der Waals surface area contributed by atoms with Gasteiger partial charge in [0.05, 0.1) is 11.1 Å². The largest absolute Gasteiger partial charge is 0.416 e. The Kier molecular flexibility index (Phi) is 5.44. The monoisotopic (exact) mass is 366 g/mol. The van der Waals surface area contributed by atoms with Gasteiger partial charge in [-0.3, -0.25) is 4.79 Å². The highest BCUT2D eigenvalue weighted by Crippen LogP contribution is 2.32. The lowest BCUT2D eigenvalue weighted by Crippen LogP contribution is -2.48. The van der Waals surface area contributed by atoms with E-state index in [1.54, 1.807) is 0 Å². The molecule has 2 saturated heterocycles. The fourth-order valence-electron chi connectivity index (χ4n) is 3.56. The second-order valence-corrected chi connectivity index (χ2v) is 6.37. The Morgan fingerprint density at radius 2 is 1.79 bits per heavy atom. The van der Waals surface area contributed by atoms with Crippen LogP contribution in [0.5, 0.6) is 0 Å². The zero-order chi connectivity index (χ0) is 16.8. The number of nitrogens with zero attached hydrogens (tertiary/aromatic N) is 1. The van der Waals surface area contributed by atoms with Gasteiger partial charge < -0.3 is 10.2 Å². The van der Waals surface area contributed by atoms with Gasteiger partial charge in [-0.1, -0.05) is 0 Å². The zero-order valence-corrected chi connectivity index (χ0v) is 13.9. The summed E-state index contributed by atoms with van der Waals surface area (Å²) in [5.41, 5.74) is -1.53. The second kappa shape index (κ2) is 6.88. The summed E-state index contributed by atoms with van der Waals surface area (Å²) in [5.74, 6) is -1.62. The number of benzene rings is 1. The molecule has 0 radical (unpaired) electrons. The number of rotatable bonds is 2. The maximum absolute atomic E-state index is 13.9. The first-order valence-electron chi connectivity index (χ1n) is 7.65. The first-order valence-corrected chi connectivity index (χ1v) is 7.65. The molecule has 1 aromatic carbocycles. The Bertz CT molecular complexity index is 611. The minimum absolute atomic E-state index is 0. The number of fused-ring (bicyclic) bond motifs is 2. The van der Waals surface area contributed by atoms with Crippen molar-refractivity contribution in [2.45, 2.75) is 50.0 Å². The number of piperidine rings is 1. The Morgan fingerprint density at radius 3 is 2.33 bits per heavy atom. The van der Waals surface area contributed by atoms with Gasteiger partial charge in [-0.15, -0.1) is 12.4 Å². The van der Waals surface area contributed by atoms with Crippen LogP contribution < -0.4 is 5.32 Å². The molecule has 2 aliphatic heterocycles. The average Bonchev–Trinajstić information content (AvgIpc) is 2.83. The molecular formula is C16H19ClF4N2O. The van der Waals surface area contributed by atoms with Crippen LogP contribution in [-0.4, -0.2) is 36.0 Å². The molecule has 0 aromatic heterocycles. The highest BCUT2D eigenvalue weighted by molar-refractivity contribution is 5.94. The number of hydrogen-bond donors (Lipinski definition) is 1. The Balaban J connectivity index is 0.00000208. The molecule has 3 nitrogen and oxygen atoms in total. The predicted octanol–water partition coefficient (Wildman–Crippen LogP) is 3.62. The van der Waals surface area contributed by atoms with E-state index < -0.39 is 29.0 Å². The van der Waals surface area contributed by atoms with E-state index in [0.29, 0.717) is 30.3 Å². The fraction of sp³-hybridized carbons (Fsp3) is 0.562. The van der Waals surface area contributed by atoms with E-state index in [-0.39, 0.29) is 18.4 Å². The molecule has 3 rings (SSSR count). The van der Waals surface area contributed by atoms with E-state index in [2.05, 4.69) is 5.32 Å². The van der Waals surface area contributed by atoms with Gasteiger partial charge in [-0.05, 0) is 43.9 Å². The number of amides is 1. The van der Waals surface area contributed by atoms with Crippen molar-refractivity contribution < 1.29 is 22.4 Å². The minimum Gasteiger partial charge on any atom is -0.339 e. The first kappa shape index (κ1) is 19.0. The highest BCUT2D eigenvalue weighted by Gasteiger charge is 2.37. The molecule has 1 aromatic rings. The van der Waals surface area contributed by atoms with E-state index in [9.17, 15) is 22.4 Å². The van der Waals surface area contributed by atoms with Crippen molar-refractivity contribution in [1.29, 1.82) is 0 Å². The molecule has 1 N–H and O–H groups in total. The van der Waals surface area contributed by atoms with E-state index >= 15 is 0 Å². The first-order chi connectivity index (χ1) is 10.8. The number of halogens is 5. The number of hydrogen-bond acceptors (Lipinski definition) is 2. The Labute approximate surface area is 143 Å². The van der Waals surface area contributed by atoms with Crippen LogP contribution in [0, 0.1) is 5.82 Å². The molecule has 2 heterocycles. The minimum atomic E-state index is -4.60. The number of carbonyl (C=O) groups excluding carboxylic acids is 1. The summed E-state index contributed by atoms with van der Waals surface area (Å²) >= 11 is 0. The Hall–Kier alpha value is -1.34. The smallest absolute Gasteiger partial charge is 0.339 e. The SMILES string of the molecule is CN(C(=O)c1cc(C(F)(F)F)ccc1F)C1CC2CCC(C1)N2.Cl. The average molecular weight is 367 g/mol. The maximum atomic E-state index is 13.9. The van der Waals surface area contributed by atoms with Crippen LogP contribution in [0.1, 0.15) is 41.6 Å². The topological polar surface area (TPSA) is 32.3 Å². The van der Waals surface area contributed by atoms with Crippen LogP contribution in [0.2, 0.25) is 0 Å². The van der Waals surface area contributed by atoms with E-state index in [1.165, 1.54) is 11.9 Å². The molecule has 2 atom stereocenters. The van der Waals surface area contributed by atoms with Crippen molar-refractivity contribution in [1.82, 2.24) is 10.2 Å². The summed E-state index contributed by atoms with van der Waals surface area (Å²) in [5, 5.41) is 3.43. The van der Waals surface area contributed by atoms with Crippen LogP contribution in [0.4, 0.5) is 17.6 Å². The summed E-state index contributed by atoms with van der Waals surface area (Å²) in [7, 11) is 1.54. The van der Waals surface area contributed by atoms with Crippen molar-refractivity contribution in [3.05, 3.63) is 35.1 Å². The van der Waals surface area contributed by atoms with Crippen molar-refractivity contribution in [3.63, 3.8) is 0 Å². The van der Waals surface area contributed by atoms with Gasteiger partial charge >= 0.3 is 6.18 Å². The van der Waals surface area contributed by atoms with Crippen LogP contribution in [0.25, 0.3) is 0 Å². The molecule has 2 fully saturated rings. The van der Waals surface area contributed by atoms with E-state index in [0.717, 1.165) is 25.7 Å². The van der Waals surface area contributed by atoms with Crippen LogP contribution in [0.3, 0.4) is 0 Å². The van der Waals surface area contributed by atoms with Gasteiger partial charge in [0.1, 0.15) is 5.82 Å². The number of nitrogens with one attached hydrogen (secondary N) is 1. The molecule has 2 unspecified atom stereocenters. The molecule has 134 valence electrons. The third-order valence-corrected chi connectivity index (χ3v) is 4.84.